The number of nitrogens with two attached hydrogens (primary N) is 1. The summed E-state index contributed by atoms with van der Waals surface area (Å²) in [6.07, 6.45) is 3.26. The molecule has 0 aromatic heterocycles. The second-order valence-corrected chi connectivity index (χ2v) is 6.67. The van der Waals surface area contributed by atoms with Crippen molar-refractivity contribution in [2.24, 2.45) is 16.3 Å². The van der Waals surface area contributed by atoms with E-state index < -0.39 is 0 Å². The van der Waals surface area contributed by atoms with Crippen LogP contribution in [0, 0.1) is 5.41 Å². The van der Waals surface area contributed by atoms with E-state index in [0.717, 1.165) is 25.9 Å². The van der Waals surface area contributed by atoms with Crippen LogP contribution in [-0.2, 0) is 0 Å². The Hall–Kier alpha value is -1.55. The van der Waals surface area contributed by atoms with Gasteiger partial charge in [0, 0.05) is 12.0 Å². The van der Waals surface area contributed by atoms with Crippen molar-refractivity contribution >= 4 is 5.84 Å². The first-order chi connectivity index (χ1) is 10.0. The second-order valence-electron chi connectivity index (χ2n) is 6.67. The SMILES string of the molecule is CC(C)(CCCN1CCC(c2ccccc2)C1)C(N)=NO. The summed E-state index contributed by atoms with van der Waals surface area (Å²) in [7, 11) is 0. The highest BCUT2D eigenvalue weighted by Gasteiger charge is 2.26. The standard InChI is InChI=1S/C17H27N3O/c1-17(2,16(18)19-21)10-6-11-20-12-9-15(13-20)14-7-4-3-5-8-14/h3-5,7-8,15,21H,6,9-13H2,1-2H3,(H2,18,19). The molecule has 4 nitrogen and oxygen atoms in total. The highest BCUT2D eigenvalue weighted by molar-refractivity contribution is 5.85. The monoisotopic (exact) mass is 289 g/mol. The molecular weight excluding hydrogens is 262 g/mol. The van der Waals surface area contributed by atoms with Crippen molar-refractivity contribution in [2.75, 3.05) is 19.6 Å². The van der Waals surface area contributed by atoms with Gasteiger partial charge < -0.3 is 15.8 Å². The van der Waals surface area contributed by atoms with Gasteiger partial charge in [0.15, 0.2) is 0 Å². The molecule has 1 aliphatic rings. The third-order valence-corrected chi connectivity index (χ3v) is 4.62. The zero-order valence-electron chi connectivity index (χ0n) is 13.1. The fraction of sp³-hybridized carbons (Fsp3) is 0.588. The molecule has 1 aromatic carbocycles. The molecule has 0 amide bonds. The van der Waals surface area contributed by atoms with E-state index in [-0.39, 0.29) is 5.41 Å². The molecule has 1 saturated heterocycles. The lowest BCUT2D eigenvalue weighted by molar-refractivity contribution is 0.290. The number of nitrogens with zero attached hydrogens (tertiary/aromatic N) is 2. The average Bonchev–Trinajstić information content (AvgIpc) is 2.96. The fourth-order valence-electron chi connectivity index (χ4n) is 3.04. The number of amidine groups is 1. The van der Waals surface area contributed by atoms with Crippen LogP contribution in [0.3, 0.4) is 0 Å². The molecule has 1 unspecified atom stereocenters. The molecule has 116 valence electrons. The van der Waals surface area contributed by atoms with E-state index in [9.17, 15) is 0 Å². The number of hydrogen-bond donors (Lipinski definition) is 2. The summed E-state index contributed by atoms with van der Waals surface area (Å²) < 4.78 is 0. The molecule has 0 radical (unpaired) electrons. The van der Waals surface area contributed by atoms with E-state index in [2.05, 4.69) is 40.4 Å². The number of likely N-dealkylation sites (tertiary alicyclic amines) is 1. The third-order valence-electron chi connectivity index (χ3n) is 4.62. The zero-order valence-corrected chi connectivity index (χ0v) is 13.1. The summed E-state index contributed by atoms with van der Waals surface area (Å²) in [6.45, 7) is 7.46. The molecular formula is C17H27N3O. The molecule has 0 bridgehead atoms. The lowest BCUT2D eigenvalue weighted by Gasteiger charge is -2.24. The summed E-state index contributed by atoms with van der Waals surface area (Å²) >= 11 is 0. The number of rotatable bonds is 6. The number of oxime groups is 1. The Kier molecular flexibility index (Phi) is 5.23. The fourth-order valence-corrected chi connectivity index (χ4v) is 3.04. The molecule has 1 aliphatic heterocycles. The van der Waals surface area contributed by atoms with Gasteiger partial charge in [-0.1, -0.05) is 49.3 Å². The van der Waals surface area contributed by atoms with Crippen molar-refractivity contribution in [3.05, 3.63) is 35.9 Å². The van der Waals surface area contributed by atoms with Crippen LogP contribution in [-0.4, -0.2) is 35.6 Å². The summed E-state index contributed by atoms with van der Waals surface area (Å²) in [4.78, 5) is 2.53. The zero-order chi connectivity index (χ0) is 15.3. The van der Waals surface area contributed by atoms with Crippen LogP contribution in [0.5, 0.6) is 0 Å². The smallest absolute Gasteiger partial charge is 0.144 e. The van der Waals surface area contributed by atoms with E-state index in [1.165, 1.54) is 18.5 Å². The van der Waals surface area contributed by atoms with Crippen LogP contribution in [0.4, 0.5) is 0 Å². The first-order valence-corrected chi connectivity index (χ1v) is 7.78. The maximum Gasteiger partial charge on any atom is 0.144 e. The summed E-state index contributed by atoms with van der Waals surface area (Å²) in [6, 6.07) is 10.8. The van der Waals surface area contributed by atoms with Gasteiger partial charge in [-0.2, -0.15) is 0 Å². The van der Waals surface area contributed by atoms with Crippen LogP contribution in [0.15, 0.2) is 35.5 Å². The van der Waals surface area contributed by atoms with Crippen LogP contribution in [0.2, 0.25) is 0 Å². The molecule has 1 aromatic rings. The van der Waals surface area contributed by atoms with Gasteiger partial charge in [0.25, 0.3) is 0 Å². The minimum absolute atomic E-state index is 0.229. The molecule has 0 spiro atoms. The van der Waals surface area contributed by atoms with Gasteiger partial charge >= 0.3 is 0 Å². The van der Waals surface area contributed by atoms with Crippen molar-refractivity contribution in [1.82, 2.24) is 4.90 Å². The maximum atomic E-state index is 8.79. The minimum Gasteiger partial charge on any atom is -0.409 e. The van der Waals surface area contributed by atoms with E-state index in [0.29, 0.717) is 11.8 Å². The van der Waals surface area contributed by atoms with Crippen molar-refractivity contribution in [3.63, 3.8) is 0 Å². The van der Waals surface area contributed by atoms with Gasteiger partial charge in [0.2, 0.25) is 0 Å². The Morgan fingerprint density at radius 3 is 2.76 bits per heavy atom. The Labute approximate surface area is 127 Å². The topological polar surface area (TPSA) is 61.8 Å². The van der Waals surface area contributed by atoms with Gasteiger partial charge in [-0.15, -0.1) is 0 Å². The van der Waals surface area contributed by atoms with Crippen LogP contribution in [0.1, 0.15) is 44.6 Å². The molecule has 0 saturated carbocycles. The Morgan fingerprint density at radius 1 is 1.38 bits per heavy atom. The molecule has 4 heteroatoms. The lowest BCUT2D eigenvalue weighted by Crippen LogP contribution is -2.33. The number of hydrogen-bond acceptors (Lipinski definition) is 3. The Bertz CT molecular complexity index is 470. The van der Waals surface area contributed by atoms with Crippen LogP contribution in [0.25, 0.3) is 0 Å². The molecule has 0 aliphatic carbocycles. The lowest BCUT2D eigenvalue weighted by atomic mass is 9.86. The molecule has 1 heterocycles. The van der Waals surface area contributed by atoms with Gasteiger partial charge in [0.05, 0.1) is 0 Å². The van der Waals surface area contributed by atoms with Crippen molar-refractivity contribution in [3.8, 4) is 0 Å². The summed E-state index contributed by atoms with van der Waals surface area (Å²) in [5, 5.41) is 11.9. The summed E-state index contributed by atoms with van der Waals surface area (Å²) in [5.74, 6) is 0.995. The highest BCUT2D eigenvalue weighted by Crippen LogP contribution is 2.28. The van der Waals surface area contributed by atoms with Crippen LogP contribution >= 0.6 is 0 Å². The number of benzene rings is 1. The minimum atomic E-state index is -0.229. The molecule has 21 heavy (non-hydrogen) atoms. The average molecular weight is 289 g/mol. The maximum absolute atomic E-state index is 8.79. The molecule has 3 N–H and O–H groups in total. The Morgan fingerprint density at radius 2 is 2.10 bits per heavy atom. The van der Waals surface area contributed by atoms with Gasteiger partial charge in [-0.3, -0.25) is 0 Å². The van der Waals surface area contributed by atoms with Gasteiger partial charge in [-0.05, 0) is 43.8 Å². The van der Waals surface area contributed by atoms with Crippen molar-refractivity contribution in [1.29, 1.82) is 0 Å². The van der Waals surface area contributed by atoms with Crippen molar-refractivity contribution < 1.29 is 5.21 Å². The second kappa shape index (κ2) is 6.94. The van der Waals surface area contributed by atoms with Crippen LogP contribution < -0.4 is 5.73 Å². The van der Waals surface area contributed by atoms with E-state index >= 15 is 0 Å². The first-order valence-electron chi connectivity index (χ1n) is 7.78. The first kappa shape index (κ1) is 15.8. The van der Waals surface area contributed by atoms with E-state index in [1.807, 2.05) is 13.8 Å². The molecule has 2 rings (SSSR count). The quantitative estimate of drug-likeness (QED) is 0.366. The third kappa shape index (κ3) is 4.21. The molecule has 1 atom stereocenters. The summed E-state index contributed by atoms with van der Waals surface area (Å²) in [5.41, 5.74) is 6.96. The predicted octanol–water partition coefficient (Wildman–Crippen LogP) is 3.03. The normalized spacial score (nSPS) is 20.9. The predicted molar refractivity (Wildman–Crippen MR) is 86.7 cm³/mol. The molecule has 1 fully saturated rings. The van der Waals surface area contributed by atoms with E-state index in [4.69, 9.17) is 10.9 Å². The van der Waals surface area contributed by atoms with Gasteiger partial charge in [-0.25, -0.2) is 0 Å². The largest absolute Gasteiger partial charge is 0.409 e. The Balaban J connectivity index is 1.76. The highest BCUT2D eigenvalue weighted by atomic mass is 16.4. The van der Waals surface area contributed by atoms with Crippen molar-refractivity contribution in [2.45, 2.75) is 39.0 Å². The van der Waals surface area contributed by atoms with E-state index in [1.54, 1.807) is 0 Å². The van der Waals surface area contributed by atoms with Gasteiger partial charge in [0.1, 0.15) is 5.84 Å².